The maximum absolute atomic E-state index is 11.9. The lowest BCUT2D eigenvalue weighted by atomic mass is 10.1. The molecule has 1 aliphatic rings. The monoisotopic (exact) mass is 405 g/mol. The number of hydrogen-bond donors (Lipinski definition) is 1. The third kappa shape index (κ3) is 4.66. The number of pyridine rings is 1. The smallest absolute Gasteiger partial charge is 0.219 e. The van der Waals surface area contributed by atoms with E-state index in [2.05, 4.69) is 36.5 Å². The van der Waals surface area contributed by atoms with Crippen LogP contribution >= 0.6 is 0 Å². The van der Waals surface area contributed by atoms with E-state index in [0.717, 1.165) is 71.6 Å². The number of hydrogen-bond acceptors (Lipinski definition) is 4. The van der Waals surface area contributed by atoms with Crippen LogP contribution in [0, 0.1) is 12.8 Å². The normalized spacial score (nSPS) is 13.6. The molecule has 1 fully saturated rings. The summed E-state index contributed by atoms with van der Waals surface area (Å²) >= 11 is 0. The highest BCUT2D eigenvalue weighted by Crippen LogP contribution is 2.33. The summed E-state index contributed by atoms with van der Waals surface area (Å²) in [6.45, 7) is 6.41. The number of methoxy groups -OCH3 is 1. The van der Waals surface area contributed by atoms with E-state index in [0.29, 0.717) is 0 Å². The second-order valence-corrected chi connectivity index (χ2v) is 8.43. The van der Waals surface area contributed by atoms with E-state index < -0.39 is 0 Å². The summed E-state index contributed by atoms with van der Waals surface area (Å²) in [4.78, 5) is 18.7. The predicted octanol–water partition coefficient (Wildman–Crippen LogP) is 5.16. The SMILES string of the molecule is COc1ccc2nc3cc(C)ccc3c(NCCCCN(CC3CC3)C(C)=O)c2c1. The van der Waals surface area contributed by atoms with E-state index in [9.17, 15) is 4.79 Å². The number of fused-ring (bicyclic) bond motifs is 2. The number of amides is 1. The van der Waals surface area contributed by atoms with Crippen molar-refractivity contribution >= 4 is 33.4 Å². The Kier molecular flexibility index (Phi) is 6.07. The van der Waals surface area contributed by atoms with Crippen molar-refractivity contribution in [3.63, 3.8) is 0 Å². The van der Waals surface area contributed by atoms with Gasteiger partial charge in [-0.1, -0.05) is 12.1 Å². The van der Waals surface area contributed by atoms with Crippen LogP contribution in [0.15, 0.2) is 36.4 Å². The molecule has 1 amide bonds. The first-order valence-corrected chi connectivity index (χ1v) is 10.9. The molecule has 0 unspecified atom stereocenters. The summed E-state index contributed by atoms with van der Waals surface area (Å²) in [6.07, 6.45) is 4.56. The third-order valence-electron chi connectivity index (χ3n) is 5.91. The van der Waals surface area contributed by atoms with Gasteiger partial charge in [-0.05, 0) is 68.4 Å². The average molecular weight is 406 g/mol. The van der Waals surface area contributed by atoms with Gasteiger partial charge in [-0.2, -0.15) is 0 Å². The number of ether oxygens (including phenoxy) is 1. The number of nitrogens with zero attached hydrogens (tertiary/aromatic N) is 2. The first kappa shape index (κ1) is 20.5. The summed E-state index contributed by atoms with van der Waals surface area (Å²) in [5.74, 6) is 1.76. The molecule has 1 aromatic heterocycles. The van der Waals surface area contributed by atoms with Crippen LogP contribution in [0.5, 0.6) is 5.75 Å². The maximum atomic E-state index is 11.9. The number of carbonyl (C=O) groups excluding carboxylic acids is 1. The molecule has 0 atom stereocenters. The number of aromatic nitrogens is 1. The van der Waals surface area contributed by atoms with Crippen LogP contribution < -0.4 is 10.1 Å². The second kappa shape index (κ2) is 8.90. The molecule has 158 valence electrons. The molecule has 0 bridgehead atoms. The van der Waals surface area contributed by atoms with Gasteiger partial charge in [0.25, 0.3) is 0 Å². The topological polar surface area (TPSA) is 54.5 Å². The van der Waals surface area contributed by atoms with Gasteiger partial charge in [0.2, 0.25) is 5.91 Å². The summed E-state index contributed by atoms with van der Waals surface area (Å²) in [7, 11) is 1.69. The molecule has 0 saturated heterocycles. The Balaban J connectivity index is 1.49. The maximum Gasteiger partial charge on any atom is 0.219 e. The molecule has 5 heteroatoms. The van der Waals surface area contributed by atoms with Crippen molar-refractivity contribution in [2.75, 3.05) is 32.1 Å². The number of unbranched alkanes of at least 4 members (excludes halogenated alkanes) is 1. The van der Waals surface area contributed by atoms with Crippen LogP contribution in [0.4, 0.5) is 5.69 Å². The van der Waals surface area contributed by atoms with Crippen LogP contribution in [0.3, 0.4) is 0 Å². The minimum absolute atomic E-state index is 0.198. The predicted molar refractivity (Wildman–Crippen MR) is 123 cm³/mol. The number of aryl methyl sites for hydroxylation is 1. The van der Waals surface area contributed by atoms with E-state index in [-0.39, 0.29) is 5.91 Å². The van der Waals surface area contributed by atoms with Crippen molar-refractivity contribution in [3.8, 4) is 5.75 Å². The Morgan fingerprint density at radius 3 is 2.70 bits per heavy atom. The third-order valence-corrected chi connectivity index (χ3v) is 5.91. The van der Waals surface area contributed by atoms with Gasteiger partial charge in [0, 0.05) is 37.3 Å². The van der Waals surface area contributed by atoms with Gasteiger partial charge in [-0.15, -0.1) is 0 Å². The number of rotatable bonds is 9. The minimum Gasteiger partial charge on any atom is -0.497 e. The number of nitrogens with one attached hydrogen (secondary N) is 1. The van der Waals surface area contributed by atoms with Crippen LogP contribution in [0.1, 0.15) is 38.2 Å². The summed E-state index contributed by atoms with van der Waals surface area (Å²) in [5.41, 5.74) is 4.27. The molecule has 3 aromatic rings. The van der Waals surface area contributed by atoms with Gasteiger partial charge >= 0.3 is 0 Å². The number of carbonyl (C=O) groups is 1. The average Bonchev–Trinajstić information content (AvgIpc) is 3.55. The lowest BCUT2D eigenvalue weighted by Gasteiger charge is -2.21. The zero-order valence-corrected chi connectivity index (χ0v) is 18.2. The Morgan fingerprint density at radius 1 is 1.13 bits per heavy atom. The highest BCUT2D eigenvalue weighted by molar-refractivity contribution is 6.07. The Hall–Kier alpha value is -2.82. The van der Waals surface area contributed by atoms with Crippen molar-refractivity contribution in [1.29, 1.82) is 0 Å². The van der Waals surface area contributed by atoms with Gasteiger partial charge in [0.1, 0.15) is 5.75 Å². The molecule has 1 aliphatic carbocycles. The molecule has 0 spiro atoms. The molecule has 30 heavy (non-hydrogen) atoms. The van der Waals surface area contributed by atoms with E-state index in [1.165, 1.54) is 18.4 Å². The molecule has 0 radical (unpaired) electrons. The lowest BCUT2D eigenvalue weighted by molar-refractivity contribution is -0.129. The van der Waals surface area contributed by atoms with Gasteiger partial charge in [-0.25, -0.2) is 4.98 Å². The fourth-order valence-corrected chi connectivity index (χ4v) is 3.98. The molecular weight excluding hydrogens is 374 g/mol. The highest BCUT2D eigenvalue weighted by Gasteiger charge is 2.25. The Bertz CT molecular complexity index is 1060. The largest absolute Gasteiger partial charge is 0.497 e. The Labute approximate surface area is 178 Å². The standard InChI is InChI=1S/C25H31N3O2/c1-17-6-10-21-24(14-17)27-23-11-9-20(30-3)15-22(23)25(21)26-12-4-5-13-28(18(2)29)16-19-7-8-19/h6,9-11,14-15,19H,4-5,7-8,12-13,16H2,1-3H3,(H,26,27). The Morgan fingerprint density at radius 2 is 1.97 bits per heavy atom. The minimum atomic E-state index is 0.198. The first-order valence-electron chi connectivity index (χ1n) is 10.9. The fraction of sp³-hybridized carbons (Fsp3) is 0.440. The molecule has 1 heterocycles. The molecule has 1 saturated carbocycles. The number of benzene rings is 2. The second-order valence-electron chi connectivity index (χ2n) is 8.43. The van der Waals surface area contributed by atoms with E-state index in [1.807, 2.05) is 17.0 Å². The van der Waals surface area contributed by atoms with E-state index in [4.69, 9.17) is 9.72 Å². The quantitative estimate of drug-likeness (QED) is 0.395. The summed E-state index contributed by atoms with van der Waals surface area (Å²) in [6, 6.07) is 12.4. The molecule has 2 aromatic carbocycles. The zero-order chi connectivity index (χ0) is 21.1. The number of anilines is 1. The summed E-state index contributed by atoms with van der Waals surface area (Å²) in [5, 5.41) is 5.86. The highest BCUT2D eigenvalue weighted by atomic mass is 16.5. The molecular formula is C25H31N3O2. The van der Waals surface area contributed by atoms with Gasteiger partial charge in [0.15, 0.2) is 0 Å². The lowest BCUT2D eigenvalue weighted by Crippen LogP contribution is -2.31. The van der Waals surface area contributed by atoms with E-state index >= 15 is 0 Å². The van der Waals surface area contributed by atoms with Crippen molar-refractivity contribution in [2.24, 2.45) is 5.92 Å². The van der Waals surface area contributed by atoms with Crippen LogP contribution in [-0.2, 0) is 4.79 Å². The summed E-state index contributed by atoms with van der Waals surface area (Å²) < 4.78 is 5.44. The van der Waals surface area contributed by atoms with Gasteiger partial charge < -0.3 is 15.0 Å². The van der Waals surface area contributed by atoms with Gasteiger partial charge in [-0.3, -0.25) is 4.79 Å². The molecule has 1 N–H and O–H groups in total. The van der Waals surface area contributed by atoms with Crippen molar-refractivity contribution in [1.82, 2.24) is 9.88 Å². The van der Waals surface area contributed by atoms with Crippen LogP contribution in [0.25, 0.3) is 21.8 Å². The zero-order valence-electron chi connectivity index (χ0n) is 18.2. The first-order chi connectivity index (χ1) is 14.5. The molecule has 0 aliphatic heterocycles. The van der Waals surface area contributed by atoms with Crippen molar-refractivity contribution in [3.05, 3.63) is 42.0 Å². The molecule has 4 rings (SSSR count). The van der Waals surface area contributed by atoms with Crippen LogP contribution in [0.2, 0.25) is 0 Å². The van der Waals surface area contributed by atoms with Crippen molar-refractivity contribution in [2.45, 2.75) is 39.5 Å². The van der Waals surface area contributed by atoms with Gasteiger partial charge in [0.05, 0.1) is 23.8 Å². The molecule has 5 nitrogen and oxygen atoms in total. The van der Waals surface area contributed by atoms with E-state index in [1.54, 1.807) is 14.0 Å². The van der Waals surface area contributed by atoms with Crippen LogP contribution in [-0.4, -0.2) is 42.5 Å². The van der Waals surface area contributed by atoms with Crippen molar-refractivity contribution < 1.29 is 9.53 Å². The fourth-order valence-electron chi connectivity index (χ4n) is 3.98.